The summed E-state index contributed by atoms with van der Waals surface area (Å²) in [6.07, 6.45) is 3.95. The van der Waals surface area contributed by atoms with Crippen molar-refractivity contribution in [2.24, 2.45) is 0 Å². The Bertz CT molecular complexity index is 805. The van der Waals surface area contributed by atoms with E-state index in [0.717, 1.165) is 43.0 Å². The number of piperidine rings is 1. The van der Waals surface area contributed by atoms with Gasteiger partial charge in [0.2, 0.25) is 0 Å². The van der Waals surface area contributed by atoms with E-state index >= 15 is 0 Å². The molecule has 1 N–H and O–H groups in total. The van der Waals surface area contributed by atoms with Crippen LogP contribution in [0, 0.1) is 5.82 Å². The number of aromatic nitrogens is 3. The summed E-state index contributed by atoms with van der Waals surface area (Å²) < 4.78 is 15.1. The summed E-state index contributed by atoms with van der Waals surface area (Å²) in [6, 6.07) is 14.4. The summed E-state index contributed by atoms with van der Waals surface area (Å²) in [5.74, 6) is 1.04. The Morgan fingerprint density at radius 1 is 1.04 bits per heavy atom. The Hall–Kier alpha value is -2.53. The van der Waals surface area contributed by atoms with Crippen LogP contribution < -0.4 is 5.32 Å². The average Bonchev–Trinajstić information content (AvgIpc) is 3.09. The Kier molecular flexibility index (Phi) is 4.09. The van der Waals surface area contributed by atoms with E-state index in [1.807, 2.05) is 22.9 Å². The highest BCUT2D eigenvalue weighted by molar-refractivity contribution is 5.60. The molecule has 0 unspecified atom stereocenters. The summed E-state index contributed by atoms with van der Waals surface area (Å²) in [4.78, 5) is 4.45. The minimum atomic E-state index is -0.235. The maximum Gasteiger partial charge on any atom is 0.153 e. The first-order valence-corrected chi connectivity index (χ1v) is 8.29. The molecule has 0 bridgehead atoms. The molecular weight excluding hydrogens is 303 g/mol. The van der Waals surface area contributed by atoms with Crippen LogP contribution in [0.5, 0.6) is 0 Å². The molecule has 4 nitrogen and oxygen atoms in total. The minimum absolute atomic E-state index is 0.235. The highest BCUT2D eigenvalue weighted by Gasteiger charge is 2.22. The second-order valence-corrected chi connectivity index (χ2v) is 6.09. The molecule has 4 rings (SSSR count). The first kappa shape index (κ1) is 15.0. The predicted octanol–water partition coefficient (Wildman–Crippen LogP) is 3.54. The molecule has 0 spiro atoms. The lowest BCUT2D eigenvalue weighted by Crippen LogP contribution is -2.27. The fourth-order valence-corrected chi connectivity index (χ4v) is 3.23. The monoisotopic (exact) mass is 322 g/mol. The standard InChI is InChI=1S/C19H19FN4/c20-16-6-4-14(5-7-16)17-13-18(15-8-11-21-12-9-15)24(23-17)19-3-1-2-10-22-19/h1-7,10,13,15,21H,8-9,11-12H2. The minimum Gasteiger partial charge on any atom is -0.317 e. The Balaban J connectivity index is 1.79. The van der Waals surface area contributed by atoms with Gasteiger partial charge in [0.25, 0.3) is 0 Å². The fraction of sp³-hybridized carbons (Fsp3) is 0.263. The van der Waals surface area contributed by atoms with Crippen molar-refractivity contribution in [1.82, 2.24) is 20.1 Å². The normalized spacial score (nSPS) is 15.5. The van der Waals surface area contributed by atoms with Crippen LogP contribution in [-0.4, -0.2) is 27.9 Å². The SMILES string of the molecule is Fc1ccc(-c2cc(C3CCNCC3)n(-c3ccccn3)n2)cc1. The van der Waals surface area contributed by atoms with E-state index in [9.17, 15) is 4.39 Å². The molecule has 1 aromatic carbocycles. The van der Waals surface area contributed by atoms with Gasteiger partial charge in [-0.05, 0) is 68.4 Å². The third-order valence-corrected chi connectivity index (χ3v) is 4.50. The van der Waals surface area contributed by atoms with Gasteiger partial charge in [-0.1, -0.05) is 6.07 Å². The topological polar surface area (TPSA) is 42.7 Å². The lowest BCUT2D eigenvalue weighted by molar-refractivity contribution is 0.445. The molecule has 5 heteroatoms. The van der Waals surface area contributed by atoms with Crippen molar-refractivity contribution in [1.29, 1.82) is 0 Å². The molecule has 1 aliphatic heterocycles. The third-order valence-electron chi connectivity index (χ3n) is 4.50. The first-order chi connectivity index (χ1) is 11.8. The van der Waals surface area contributed by atoms with Gasteiger partial charge in [-0.2, -0.15) is 5.10 Å². The molecule has 0 saturated carbocycles. The lowest BCUT2D eigenvalue weighted by atomic mass is 9.94. The van der Waals surface area contributed by atoms with Crippen molar-refractivity contribution < 1.29 is 4.39 Å². The largest absolute Gasteiger partial charge is 0.317 e. The van der Waals surface area contributed by atoms with Crippen molar-refractivity contribution in [3.8, 4) is 17.1 Å². The first-order valence-electron chi connectivity index (χ1n) is 8.29. The van der Waals surface area contributed by atoms with Gasteiger partial charge in [-0.3, -0.25) is 0 Å². The highest BCUT2D eigenvalue weighted by Crippen LogP contribution is 2.30. The molecule has 24 heavy (non-hydrogen) atoms. The van der Waals surface area contributed by atoms with Crippen LogP contribution in [0.3, 0.4) is 0 Å². The maximum absolute atomic E-state index is 13.2. The maximum atomic E-state index is 13.2. The van der Waals surface area contributed by atoms with E-state index in [1.165, 1.54) is 17.8 Å². The number of hydrogen-bond acceptors (Lipinski definition) is 3. The van der Waals surface area contributed by atoms with Gasteiger partial charge < -0.3 is 5.32 Å². The van der Waals surface area contributed by atoms with Gasteiger partial charge >= 0.3 is 0 Å². The summed E-state index contributed by atoms with van der Waals surface area (Å²) in [5, 5.41) is 8.17. The molecule has 0 radical (unpaired) electrons. The highest BCUT2D eigenvalue weighted by atomic mass is 19.1. The zero-order valence-corrected chi connectivity index (χ0v) is 13.3. The number of pyridine rings is 1. The lowest BCUT2D eigenvalue weighted by Gasteiger charge is -2.23. The Morgan fingerprint density at radius 2 is 1.83 bits per heavy atom. The van der Waals surface area contributed by atoms with Crippen LogP contribution in [0.4, 0.5) is 4.39 Å². The summed E-state index contributed by atoms with van der Waals surface area (Å²) in [6.45, 7) is 2.04. The Morgan fingerprint density at radius 3 is 2.54 bits per heavy atom. The second-order valence-electron chi connectivity index (χ2n) is 6.09. The van der Waals surface area contributed by atoms with Crippen LogP contribution in [0.2, 0.25) is 0 Å². The van der Waals surface area contributed by atoms with Gasteiger partial charge in [-0.15, -0.1) is 0 Å². The zero-order valence-electron chi connectivity index (χ0n) is 13.3. The summed E-state index contributed by atoms with van der Waals surface area (Å²) >= 11 is 0. The van der Waals surface area contributed by atoms with Crippen LogP contribution in [0.25, 0.3) is 17.1 Å². The average molecular weight is 322 g/mol. The van der Waals surface area contributed by atoms with E-state index in [2.05, 4.69) is 16.4 Å². The van der Waals surface area contributed by atoms with Gasteiger partial charge in [0.05, 0.1) is 5.69 Å². The molecule has 1 fully saturated rings. The van der Waals surface area contributed by atoms with Gasteiger partial charge in [0, 0.05) is 23.4 Å². The molecule has 2 aromatic heterocycles. The molecule has 3 aromatic rings. The van der Waals surface area contributed by atoms with E-state index in [1.54, 1.807) is 18.3 Å². The van der Waals surface area contributed by atoms with Gasteiger partial charge in [0.1, 0.15) is 5.82 Å². The van der Waals surface area contributed by atoms with Crippen molar-refractivity contribution in [2.45, 2.75) is 18.8 Å². The third kappa shape index (κ3) is 2.95. The molecule has 1 saturated heterocycles. The van der Waals surface area contributed by atoms with Gasteiger partial charge in [0.15, 0.2) is 5.82 Å². The number of nitrogens with one attached hydrogen (secondary N) is 1. The van der Waals surface area contributed by atoms with Crippen molar-refractivity contribution in [2.75, 3.05) is 13.1 Å². The van der Waals surface area contributed by atoms with Crippen LogP contribution in [0.15, 0.2) is 54.7 Å². The molecule has 122 valence electrons. The molecule has 3 heterocycles. The number of hydrogen-bond donors (Lipinski definition) is 1. The quantitative estimate of drug-likeness (QED) is 0.802. The Labute approximate surface area is 140 Å². The van der Waals surface area contributed by atoms with Crippen molar-refractivity contribution >= 4 is 0 Å². The number of rotatable bonds is 3. The molecule has 0 aliphatic carbocycles. The smallest absolute Gasteiger partial charge is 0.153 e. The zero-order chi connectivity index (χ0) is 16.4. The van der Waals surface area contributed by atoms with Crippen LogP contribution >= 0.6 is 0 Å². The van der Waals surface area contributed by atoms with E-state index < -0.39 is 0 Å². The number of benzene rings is 1. The molecular formula is C19H19FN4. The summed E-state index contributed by atoms with van der Waals surface area (Å²) in [7, 11) is 0. The number of halogens is 1. The fourth-order valence-electron chi connectivity index (χ4n) is 3.23. The molecule has 0 amide bonds. The summed E-state index contributed by atoms with van der Waals surface area (Å²) in [5.41, 5.74) is 2.95. The van der Waals surface area contributed by atoms with E-state index in [4.69, 9.17) is 5.10 Å². The van der Waals surface area contributed by atoms with Crippen molar-refractivity contribution in [3.63, 3.8) is 0 Å². The van der Waals surface area contributed by atoms with Gasteiger partial charge in [-0.25, -0.2) is 14.1 Å². The predicted molar refractivity (Wildman–Crippen MR) is 91.6 cm³/mol. The van der Waals surface area contributed by atoms with Crippen molar-refractivity contribution in [3.05, 3.63) is 66.2 Å². The molecule has 1 aliphatic rings. The van der Waals surface area contributed by atoms with Crippen LogP contribution in [0.1, 0.15) is 24.5 Å². The van der Waals surface area contributed by atoms with E-state index in [-0.39, 0.29) is 5.82 Å². The molecule has 0 atom stereocenters. The second kappa shape index (κ2) is 6.53. The number of nitrogens with zero attached hydrogens (tertiary/aromatic N) is 3. The van der Waals surface area contributed by atoms with Crippen LogP contribution in [-0.2, 0) is 0 Å². The van der Waals surface area contributed by atoms with E-state index in [0.29, 0.717) is 5.92 Å².